The second-order valence-corrected chi connectivity index (χ2v) is 12.8. The van der Waals surface area contributed by atoms with E-state index in [1.54, 1.807) is 4.90 Å². The number of imidazole rings is 1. The molecular weight excluding hydrogens is 601 g/mol. The van der Waals surface area contributed by atoms with Gasteiger partial charge in [0, 0.05) is 30.7 Å². The van der Waals surface area contributed by atoms with E-state index in [2.05, 4.69) is 31.6 Å². The number of halogens is 2. The van der Waals surface area contributed by atoms with Crippen LogP contribution < -0.4 is 0 Å². The monoisotopic (exact) mass is 631 g/mol. The summed E-state index contributed by atoms with van der Waals surface area (Å²) in [6.45, 7) is 6.08. The van der Waals surface area contributed by atoms with Crippen LogP contribution >= 0.6 is 27.7 Å². The quantitative estimate of drug-likeness (QED) is 0.232. The Kier molecular flexibility index (Phi) is 7.74. The first-order valence-electron chi connectivity index (χ1n) is 13.2. The first-order chi connectivity index (χ1) is 19.0. The second-order valence-electron chi connectivity index (χ2n) is 11.2. The van der Waals surface area contributed by atoms with Gasteiger partial charge in [0.15, 0.2) is 5.82 Å². The summed E-state index contributed by atoms with van der Waals surface area (Å²) in [7, 11) is 1.35. The standard InChI is InChI=1S/C28H31BrFN5O4S/c1-28(2,3)39-27(37)34-13-15-12-17(34)24(15)35-18(8-9-19(36)38-4)32-23-25(35)16-11-14(7-6-10-31)20(29)21(30)22(16)33-26(23)40-5/h11,15,17,24H,6-9,12-13H2,1-5H3. The SMILES string of the molecule is COC(=O)CCc1nc2c(SC)nc3c(F)c(Br)c(CCC#N)cc3c2n1C1C2CC1N(C(=O)OC(C)(C)C)C2. The zero-order valence-electron chi connectivity index (χ0n) is 23.1. The van der Waals surface area contributed by atoms with E-state index >= 15 is 4.39 Å². The van der Waals surface area contributed by atoms with Gasteiger partial charge in [-0.25, -0.2) is 19.2 Å². The molecule has 0 radical (unpaired) electrons. The number of fused-ring (bicyclic) bond motifs is 4. The van der Waals surface area contributed by atoms with Gasteiger partial charge in [-0.3, -0.25) is 4.79 Å². The van der Waals surface area contributed by atoms with Gasteiger partial charge in [0.05, 0.1) is 41.7 Å². The molecule has 0 spiro atoms. The Balaban J connectivity index is 1.72. The smallest absolute Gasteiger partial charge is 0.410 e. The van der Waals surface area contributed by atoms with Crippen molar-refractivity contribution in [1.29, 1.82) is 5.26 Å². The van der Waals surface area contributed by atoms with Crippen LogP contribution in [0.5, 0.6) is 0 Å². The number of aryl methyl sites for hydroxylation is 2. The number of rotatable bonds is 7. The van der Waals surface area contributed by atoms with E-state index in [-0.39, 0.29) is 48.4 Å². The maximum absolute atomic E-state index is 15.8. The number of amides is 1. The number of carbonyl (C=O) groups is 2. The normalized spacial score (nSPS) is 20.1. The molecule has 9 nitrogen and oxygen atoms in total. The van der Waals surface area contributed by atoms with Crippen LogP contribution in [0.1, 0.15) is 57.5 Å². The Hall–Kier alpha value is -2.91. The highest BCUT2D eigenvalue weighted by molar-refractivity contribution is 9.10. The van der Waals surface area contributed by atoms with E-state index in [0.717, 1.165) is 11.9 Å². The van der Waals surface area contributed by atoms with Crippen LogP contribution in [-0.4, -0.2) is 63.1 Å². The molecule has 3 unspecified atom stereocenters. The Bertz CT molecular complexity index is 1560. The average Bonchev–Trinajstić information content (AvgIpc) is 3.60. The molecule has 2 aromatic heterocycles. The lowest BCUT2D eigenvalue weighted by atomic mass is 9.79. The summed E-state index contributed by atoms with van der Waals surface area (Å²) in [5.41, 5.74) is 1.61. The number of hydrogen-bond donors (Lipinski definition) is 0. The highest BCUT2D eigenvalue weighted by atomic mass is 79.9. The Morgan fingerprint density at radius 3 is 2.67 bits per heavy atom. The molecule has 2 bridgehead atoms. The minimum absolute atomic E-state index is 0.111. The van der Waals surface area contributed by atoms with Crippen molar-refractivity contribution in [2.75, 3.05) is 19.9 Å². The third-order valence-corrected chi connectivity index (χ3v) is 9.10. The van der Waals surface area contributed by atoms with Crippen LogP contribution in [0, 0.1) is 23.1 Å². The number of pyridine rings is 1. The molecular formula is C28H31BrFN5O4S. The lowest BCUT2D eigenvalue weighted by molar-refractivity contribution is -0.140. The van der Waals surface area contributed by atoms with Gasteiger partial charge in [-0.15, -0.1) is 11.8 Å². The van der Waals surface area contributed by atoms with Crippen molar-refractivity contribution in [3.63, 3.8) is 0 Å². The first kappa shape index (κ1) is 28.6. The summed E-state index contributed by atoms with van der Waals surface area (Å²) in [5, 5.41) is 10.3. The van der Waals surface area contributed by atoms with Gasteiger partial charge in [0.25, 0.3) is 0 Å². The molecule has 1 aromatic carbocycles. The summed E-state index contributed by atoms with van der Waals surface area (Å²) in [6, 6.07) is 3.78. The molecule has 2 saturated heterocycles. The van der Waals surface area contributed by atoms with Crippen molar-refractivity contribution in [2.45, 2.75) is 75.6 Å². The molecule has 40 heavy (non-hydrogen) atoms. The maximum Gasteiger partial charge on any atom is 0.410 e. The van der Waals surface area contributed by atoms with Crippen LogP contribution in [0.15, 0.2) is 15.6 Å². The molecule has 3 atom stereocenters. The molecule has 2 aliphatic heterocycles. The zero-order valence-corrected chi connectivity index (χ0v) is 25.5. The molecule has 12 heteroatoms. The predicted molar refractivity (Wildman–Crippen MR) is 153 cm³/mol. The number of methoxy groups -OCH3 is 1. The number of esters is 1. The summed E-state index contributed by atoms with van der Waals surface area (Å²) < 4.78 is 28.8. The lowest BCUT2D eigenvalue weighted by Gasteiger charge is -2.39. The number of thioether (sulfide) groups is 1. The third-order valence-electron chi connectivity index (χ3n) is 7.57. The second kappa shape index (κ2) is 10.8. The summed E-state index contributed by atoms with van der Waals surface area (Å²) in [6.07, 6.45) is 3.40. The maximum atomic E-state index is 15.8. The summed E-state index contributed by atoms with van der Waals surface area (Å²) >= 11 is 4.76. The molecule has 3 fully saturated rings. The van der Waals surface area contributed by atoms with Gasteiger partial charge < -0.3 is 18.9 Å². The van der Waals surface area contributed by atoms with Crippen LogP contribution in [0.4, 0.5) is 9.18 Å². The van der Waals surface area contributed by atoms with E-state index in [0.29, 0.717) is 51.2 Å². The number of hydrogen-bond acceptors (Lipinski definition) is 8. The van der Waals surface area contributed by atoms with Gasteiger partial charge in [0.1, 0.15) is 27.5 Å². The van der Waals surface area contributed by atoms with Crippen LogP contribution in [-0.2, 0) is 27.1 Å². The van der Waals surface area contributed by atoms with Gasteiger partial charge in [-0.1, -0.05) is 0 Å². The predicted octanol–water partition coefficient (Wildman–Crippen LogP) is 5.95. The molecule has 4 heterocycles. The Morgan fingerprint density at radius 2 is 2.02 bits per heavy atom. The third kappa shape index (κ3) is 4.91. The molecule has 1 saturated carbocycles. The molecule has 6 rings (SSSR count). The van der Waals surface area contributed by atoms with E-state index in [1.165, 1.54) is 18.9 Å². The van der Waals surface area contributed by atoms with Crippen LogP contribution in [0.2, 0.25) is 0 Å². The van der Waals surface area contributed by atoms with Crippen LogP contribution in [0.3, 0.4) is 0 Å². The molecule has 1 aliphatic carbocycles. The van der Waals surface area contributed by atoms with Gasteiger partial charge >= 0.3 is 12.1 Å². The summed E-state index contributed by atoms with van der Waals surface area (Å²) in [4.78, 5) is 36.6. The van der Waals surface area contributed by atoms with Crippen molar-refractivity contribution in [3.8, 4) is 6.07 Å². The molecule has 3 aliphatic rings. The van der Waals surface area contributed by atoms with E-state index < -0.39 is 11.4 Å². The van der Waals surface area contributed by atoms with Crippen LogP contribution in [0.25, 0.3) is 21.9 Å². The highest BCUT2D eigenvalue weighted by Crippen LogP contribution is 2.52. The molecule has 3 aromatic rings. The fourth-order valence-corrected chi connectivity index (χ4v) is 6.85. The first-order valence-corrected chi connectivity index (χ1v) is 15.2. The van der Waals surface area contributed by atoms with Crippen molar-refractivity contribution >= 4 is 61.7 Å². The largest absolute Gasteiger partial charge is 0.469 e. The van der Waals surface area contributed by atoms with Gasteiger partial charge in [-0.05, 0) is 67.4 Å². The number of benzene rings is 1. The van der Waals surface area contributed by atoms with Crippen molar-refractivity contribution in [2.24, 2.45) is 5.92 Å². The van der Waals surface area contributed by atoms with Gasteiger partial charge in [0.2, 0.25) is 0 Å². The lowest BCUT2D eigenvalue weighted by Crippen LogP contribution is -2.44. The zero-order chi connectivity index (χ0) is 28.9. The number of carbonyl (C=O) groups excluding carboxylic acids is 2. The van der Waals surface area contributed by atoms with Crippen molar-refractivity contribution in [3.05, 3.63) is 27.7 Å². The van der Waals surface area contributed by atoms with Crippen molar-refractivity contribution in [1.82, 2.24) is 19.4 Å². The topological polar surface area (TPSA) is 110 Å². The van der Waals surface area contributed by atoms with Crippen molar-refractivity contribution < 1.29 is 23.5 Å². The van der Waals surface area contributed by atoms with Gasteiger partial charge in [-0.2, -0.15) is 5.26 Å². The number of aromatic nitrogens is 3. The minimum atomic E-state index is -0.618. The number of ether oxygens (including phenoxy) is 2. The van der Waals surface area contributed by atoms with E-state index in [1.807, 2.05) is 33.1 Å². The number of nitriles is 1. The molecule has 1 amide bonds. The van der Waals surface area contributed by atoms with E-state index in [9.17, 15) is 9.59 Å². The average molecular weight is 633 g/mol. The molecule has 0 N–H and O–H groups in total. The van der Waals surface area contributed by atoms with E-state index in [4.69, 9.17) is 19.7 Å². The highest BCUT2D eigenvalue weighted by Gasteiger charge is 2.56. The Labute approximate surface area is 244 Å². The minimum Gasteiger partial charge on any atom is -0.469 e. The number of nitrogens with zero attached hydrogens (tertiary/aromatic N) is 5. The fourth-order valence-electron chi connectivity index (χ4n) is 5.83. The summed E-state index contributed by atoms with van der Waals surface area (Å²) in [5.74, 6) is -0.0189. The fraction of sp³-hybridized carbons (Fsp3) is 0.536. The Morgan fingerprint density at radius 1 is 1.27 bits per heavy atom. The molecule has 212 valence electrons.